The second-order valence-corrected chi connectivity index (χ2v) is 16.7. The van der Waals surface area contributed by atoms with Crippen molar-refractivity contribution in [2.24, 2.45) is 11.8 Å². The Morgan fingerprint density at radius 1 is 0.532 bits per heavy atom. The van der Waals surface area contributed by atoms with Gasteiger partial charge < -0.3 is 40.5 Å². The third-order valence-electron chi connectivity index (χ3n) is 10.1. The van der Waals surface area contributed by atoms with Gasteiger partial charge in [-0.05, 0) is 120 Å². The summed E-state index contributed by atoms with van der Waals surface area (Å²) in [6, 6.07) is 0. The van der Waals surface area contributed by atoms with E-state index < -0.39 is 46.9 Å². The molecule has 2 aliphatic carbocycles. The molecule has 2 saturated heterocycles. The quantitative estimate of drug-likeness (QED) is 0.188. The first-order valence-corrected chi connectivity index (χ1v) is 16.8. The van der Waals surface area contributed by atoms with E-state index in [1.165, 1.54) is 0 Å². The molecule has 12 nitrogen and oxygen atoms in total. The molecule has 0 spiro atoms. The van der Waals surface area contributed by atoms with Crippen LogP contribution in [-0.4, -0.2) is 89.9 Å². The number of rotatable bonds is 8. The van der Waals surface area contributed by atoms with Gasteiger partial charge in [0.25, 0.3) is 0 Å². The molecular formula is C34H58N2O10Zn. The molecule has 0 aromatic rings. The Bertz CT molecular complexity index is 1040. The first kappa shape index (κ1) is 41.5. The molecule has 2 heterocycles. The van der Waals surface area contributed by atoms with Gasteiger partial charge in [0.15, 0.2) is 11.2 Å². The minimum Gasteiger partial charge on any atom is -0.481 e. The molecule has 0 amide bonds. The van der Waals surface area contributed by atoms with E-state index in [4.69, 9.17) is 9.47 Å². The first-order chi connectivity index (χ1) is 20.9. The van der Waals surface area contributed by atoms with E-state index in [9.17, 15) is 39.6 Å². The monoisotopic (exact) mass is 718 g/mol. The topological polar surface area (TPSA) is 192 Å². The molecule has 47 heavy (non-hydrogen) atoms. The number of carbonyl (C=O) groups is 4. The minimum absolute atomic E-state index is 0. The molecule has 266 valence electrons. The Balaban J connectivity index is 0.000000320. The molecule has 0 aromatic carbocycles. The average Bonchev–Trinajstić information content (AvgIpc) is 2.85. The van der Waals surface area contributed by atoms with Gasteiger partial charge in [0, 0.05) is 41.6 Å². The largest absolute Gasteiger partial charge is 0.481 e. The number of piperidine rings is 2. The van der Waals surface area contributed by atoms with Gasteiger partial charge in [0.2, 0.25) is 0 Å². The number of ether oxygens (including phenoxy) is 2. The van der Waals surface area contributed by atoms with Gasteiger partial charge in [-0.1, -0.05) is 12.8 Å². The van der Waals surface area contributed by atoms with Crippen molar-refractivity contribution < 1.29 is 68.6 Å². The van der Waals surface area contributed by atoms with Crippen LogP contribution in [0.4, 0.5) is 0 Å². The summed E-state index contributed by atoms with van der Waals surface area (Å²) in [5.41, 5.74) is -3.92. The summed E-state index contributed by atoms with van der Waals surface area (Å²) >= 11 is 0. The van der Waals surface area contributed by atoms with Crippen LogP contribution in [0.2, 0.25) is 0 Å². The fourth-order valence-electron chi connectivity index (χ4n) is 9.05. The van der Waals surface area contributed by atoms with E-state index >= 15 is 0 Å². The van der Waals surface area contributed by atoms with Crippen LogP contribution in [0.5, 0.6) is 0 Å². The Labute approximate surface area is 292 Å². The van der Waals surface area contributed by atoms with Crippen LogP contribution in [0, 0.1) is 11.8 Å². The van der Waals surface area contributed by atoms with E-state index in [1.807, 2.05) is 0 Å². The van der Waals surface area contributed by atoms with Crippen molar-refractivity contribution in [2.75, 3.05) is 0 Å². The second-order valence-electron chi connectivity index (χ2n) is 16.7. The van der Waals surface area contributed by atoms with E-state index in [2.05, 4.69) is 66.0 Å². The molecule has 13 heteroatoms. The SMILES string of the molecule is CC1(C)CC(OC2(C(=O)O)CCCCC2C(=O)O)CC(C)(C)N1.CC1(C)CC(OC2(C(=O)O)CCCCC2C(=O)O)CC(C)(C)N1.[Zn]. The summed E-state index contributed by atoms with van der Waals surface area (Å²) in [6.07, 6.45) is 6.23. The van der Waals surface area contributed by atoms with Crippen LogP contribution in [0.25, 0.3) is 0 Å². The molecule has 4 rings (SSSR count). The number of hydrogen-bond acceptors (Lipinski definition) is 8. The number of hydrogen-bond donors (Lipinski definition) is 6. The Kier molecular flexibility index (Phi) is 13.3. The average molecular weight is 720 g/mol. The van der Waals surface area contributed by atoms with Crippen LogP contribution in [-0.2, 0) is 48.1 Å². The van der Waals surface area contributed by atoms with Gasteiger partial charge in [-0.25, -0.2) is 9.59 Å². The predicted molar refractivity (Wildman–Crippen MR) is 171 cm³/mol. The van der Waals surface area contributed by atoms with Crippen molar-refractivity contribution in [3.05, 3.63) is 0 Å². The van der Waals surface area contributed by atoms with Gasteiger partial charge >= 0.3 is 23.9 Å². The first-order valence-electron chi connectivity index (χ1n) is 16.8. The molecule has 4 atom stereocenters. The summed E-state index contributed by atoms with van der Waals surface area (Å²) in [6.45, 7) is 16.5. The van der Waals surface area contributed by atoms with Crippen LogP contribution in [0.1, 0.15) is 132 Å². The molecule has 4 aliphatic rings. The van der Waals surface area contributed by atoms with E-state index in [-0.39, 0.29) is 66.7 Å². The minimum atomic E-state index is -1.60. The Morgan fingerprint density at radius 3 is 1.04 bits per heavy atom. The number of aliphatic carboxylic acids is 4. The molecule has 0 radical (unpaired) electrons. The maximum atomic E-state index is 12.0. The zero-order valence-electron chi connectivity index (χ0n) is 29.7. The smallest absolute Gasteiger partial charge is 0.336 e. The fraction of sp³-hybridized carbons (Fsp3) is 0.882. The maximum Gasteiger partial charge on any atom is 0.336 e. The van der Waals surface area contributed by atoms with Gasteiger partial charge in [-0.15, -0.1) is 0 Å². The molecular weight excluding hydrogens is 662 g/mol. The summed E-state index contributed by atoms with van der Waals surface area (Å²) in [5.74, 6) is -6.37. The molecule has 2 aliphatic heterocycles. The third kappa shape index (κ3) is 10.2. The van der Waals surface area contributed by atoms with Crippen molar-refractivity contribution in [3.63, 3.8) is 0 Å². The molecule has 4 fully saturated rings. The van der Waals surface area contributed by atoms with Gasteiger partial charge in [-0.2, -0.15) is 0 Å². The second kappa shape index (κ2) is 15.1. The molecule has 4 unspecified atom stereocenters. The van der Waals surface area contributed by atoms with Crippen molar-refractivity contribution in [1.82, 2.24) is 10.6 Å². The van der Waals surface area contributed by atoms with Crippen LogP contribution >= 0.6 is 0 Å². The van der Waals surface area contributed by atoms with Gasteiger partial charge in [0.05, 0.1) is 24.0 Å². The third-order valence-corrected chi connectivity index (χ3v) is 10.1. The van der Waals surface area contributed by atoms with Gasteiger partial charge in [0.1, 0.15) is 0 Å². The zero-order valence-corrected chi connectivity index (χ0v) is 32.7. The van der Waals surface area contributed by atoms with E-state index in [0.29, 0.717) is 51.4 Å². The standard InChI is InChI=1S/2C17H29NO5.Zn/c2*1-15(2)9-11(10-16(3,4)18-15)23-17(14(21)22)8-6-5-7-12(17)13(19)20;/h2*11-12,18H,5-10H2,1-4H3,(H,19,20)(H,21,22);. The van der Waals surface area contributed by atoms with Crippen LogP contribution < -0.4 is 10.6 Å². The summed E-state index contributed by atoms with van der Waals surface area (Å²) in [7, 11) is 0. The van der Waals surface area contributed by atoms with Crippen LogP contribution in [0.3, 0.4) is 0 Å². The number of carboxylic acid groups (broad SMARTS) is 4. The van der Waals surface area contributed by atoms with Crippen molar-refractivity contribution in [1.29, 1.82) is 0 Å². The predicted octanol–water partition coefficient (Wildman–Crippen LogP) is 4.82. The maximum absolute atomic E-state index is 12.0. The summed E-state index contributed by atoms with van der Waals surface area (Å²) in [5, 5.41) is 45.7. The van der Waals surface area contributed by atoms with Crippen molar-refractivity contribution in [2.45, 2.75) is 178 Å². The number of carboxylic acids is 4. The molecule has 0 aromatic heterocycles. The van der Waals surface area contributed by atoms with Gasteiger partial charge in [-0.3, -0.25) is 9.59 Å². The van der Waals surface area contributed by atoms with Crippen molar-refractivity contribution >= 4 is 23.9 Å². The number of nitrogens with one attached hydrogen (secondary N) is 2. The summed E-state index contributed by atoms with van der Waals surface area (Å²) in [4.78, 5) is 47.2. The van der Waals surface area contributed by atoms with Crippen LogP contribution in [0.15, 0.2) is 0 Å². The zero-order chi connectivity index (χ0) is 34.9. The fourth-order valence-corrected chi connectivity index (χ4v) is 9.05. The van der Waals surface area contributed by atoms with E-state index in [0.717, 1.165) is 12.8 Å². The van der Waals surface area contributed by atoms with E-state index in [1.54, 1.807) is 0 Å². The van der Waals surface area contributed by atoms with Crippen molar-refractivity contribution in [3.8, 4) is 0 Å². The molecule has 0 bridgehead atoms. The summed E-state index contributed by atoms with van der Waals surface area (Å²) < 4.78 is 12.2. The Morgan fingerprint density at radius 2 is 0.809 bits per heavy atom. The normalized spacial score (nSPS) is 33.3. The molecule has 2 saturated carbocycles. The molecule has 6 N–H and O–H groups in total. The Hall–Kier alpha value is -1.66.